The number of aromatic nitrogens is 3. The number of amides is 2. The van der Waals surface area contributed by atoms with Crippen LogP contribution in [-0.2, 0) is 0 Å². The molecule has 2 N–H and O–H groups in total. The zero-order valence-corrected chi connectivity index (χ0v) is 15.6. The Morgan fingerprint density at radius 2 is 1.59 bits per heavy atom. The fraction of sp³-hybridized carbons (Fsp3) is 0.0455. The molecule has 0 aliphatic rings. The zero-order chi connectivity index (χ0) is 20.2. The van der Waals surface area contributed by atoms with Crippen LogP contribution in [0.1, 0.15) is 26.3 Å². The van der Waals surface area contributed by atoms with E-state index in [1.165, 1.54) is 6.20 Å². The highest BCUT2D eigenvalue weighted by atomic mass is 16.2. The molecule has 0 aliphatic heterocycles. The Morgan fingerprint density at radius 3 is 2.38 bits per heavy atom. The first-order valence-corrected chi connectivity index (χ1v) is 8.94. The molecule has 7 nitrogen and oxygen atoms in total. The topological polar surface area (TPSA) is 96.9 Å². The molecule has 2 aromatic carbocycles. The summed E-state index contributed by atoms with van der Waals surface area (Å²) in [5.74, 6) is -0.538. The normalized spacial score (nSPS) is 10.5. The van der Waals surface area contributed by atoms with Gasteiger partial charge in [0.2, 0.25) is 0 Å². The van der Waals surface area contributed by atoms with E-state index in [0.717, 1.165) is 11.1 Å². The molecule has 7 heteroatoms. The average molecular weight is 383 g/mol. The summed E-state index contributed by atoms with van der Waals surface area (Å²) in [6, 6.07) is 13.9. The number of nitrogens with one attached hydrogen (secondary N) is 2. The van der Waals surface area contributed by atoms with Gasteiger partial charge in [-0.1, -0.05) is 6.07 Å². The number of hydrogen-bond donors (Lipinski definition) is 2. The van der Waals surface area contributed by atoms with Gasteiger partial charge in [0.25, 0.3) is 11.8 Å². The van der Waals surface area contributed by atoms with E-state index in [9.17, 15) is 9.59 Å². The average Bonchev–Trinajstić information content (AvgIpc) is 2.76. The Labute approximate surface area is 166 Å². The van der Waals surface area contributed by atoms with Crippen LogP contribution in [0.2, 0.25) is 0 Å². The quantitative estimate of drug-likeness (QED) is 0.558. The number of benzene rings is 2. The van der Waals surface area contributed by atoms with Crippen molar-refractivity contribution >= 4 is 34.2 Å². The maximum Gasteiger partial charge on any atom is 0.257 e. The van der Waals surface area contributed by atoms with E-state index in [2.05, 4.69) is 25.6 Å². The van der Waals surface area contributed by atoms with Gasteiger partial charge in [-0.2, -0.15) is 0 Å². The van der Waals surface area contributed by atoms with Crippen molar-refractivity contribution in [3.8, 4) is 0 Å². The van der Waals surface area contributed by atoms with Crippen molar-refractivity contribution in [3.05, 3.63) is 90.0 Å². The molecule has 0 saturated heterocycles. The van der Waals surface area contributed by atoms with E-state index in [1.54, 1.807) is 61.1 Å². The van der Waals surface area contributed by atoms with Crippen molar-refractivity contribution in [3.63, 3.8) is 0 Å². The molecule has 0 atom stereocenters. The van der Waals surface area contributed by atoms with E-state index in [-0.39, 0.29) is 11.8 Å². The number of carbonyl (C=O) groups is 2. The second-order valence-corrected chi connectivity index (χ2v) is 6.44. The molecule has 4 rings (SSSR count). The van der Waals surface area contributed by atoms with Crippen molar-refractivity contribution in [2.45, 2.75) is 6.92 Å². The first kappa shape index (κ1) is 18.2. The first-order chi connectivity index (χ1) is 14.1. The van der Waals surface area contributed by atoms with E-state index < -0.39 is 0 Å². The lowest BCUT2D eigenvalue weighted by atomic mass is 10.1. The maximum absolute atomic E-state index is 12.7. The van der Waals surface area contributed by atoms with Gasteiger partial charge in [0.05, 0.1) is 16.6 Å². The third kappa shape index (κ3) is 4.08. The van der Waals surface area contributed by atoms with Gasteiger partial charge in [-0.05, 0) is 55.0 Å². The third-order valence-corrected chi connectivity index (χ3v) is 4.40. The van der Waals surface area contributed by atoms with Crippen LogP contribution in [-0.4, -0.2) is 26.8 Å². The zero-order valence-electron chi connectivity index (χ0n) is 15.6. The number of pyridine rings is 1. The van der Waals surface area contributed by atoms with Crippen LogP contribution in [0, 0.1) is 6.92 Å². The predicted octanol–water partition coefficient (Wildman–Crippen LogP) is 3.84. The molecular formula is C22H17N5O2. The maximum atomic E-state index is 12.7. The van der Waals surface area contributed by atoms with Crippen molar-refractivity contribution in [1.29, 1.82) is 0 Å². The molecular weight excluding hydrogens is 366 g/mol. The molecule has 0 fully saturated rings. The molecule has 2 amide bonds. The summed E-state index contributed by atoms with van der Waals surface area (Å²) in [5.41, 5.74) is 4.36. The summed E-state index contributed by atoms with van der Waals surface area (Å²) in [6.45, 7) is 1.88. The molecule has 0 aliphatic carbocycles. The summed E-state index contributed by atoms with van der Waals surface area (Å²) in [4.78, 5) is 37.4. The van der Waals surface area contributed by atoms with Crippen molar-refractivity contribution in [1.82, 2.24) is 15.0 Å². The number of carbonyl (C=O) groups excluding carboxylic acids is 2. The summed E-state index contributed by atoms with van der Waals surface area (Å²) in [5, 5.41) is 5.71. The van der Waals surface area contributed by atoms with Crippen LogP contribution >= 0.6 is 0 Å². The number of fused-ring (bicyclic) bond motifs is 1. The Balaban J connectivity index is 1.54. The highest BCUT2D eigenvalue weighted by molar-refractivity contribution is 6.07. The summed E-state index contributed by atoms with van der Waals surface area (Å²) in [6.07, 6.45) is 6.29. The molecule has 0 saturated carbocycles. The molecule has 0 unspecified atom stereocenters. The Bertz CT molecular complexity index is 1210. The van der Waals surface area contributed by atoms with Crippen LogP contribution in [0.25, 0.3) is 11.0 Å². The highest BCUT2D eigenvalue weighted by Gasteiger charge is 2.11. The molecule has 2 heterocycles. The molecule has 0 spiro atoms. The molecule has 2 aromatic heterocycles. The molecule has 0 bridgehead atoms. The molecule has 0 radical (unpaired) electrons. The number of anilines is 2. The largest absolute Gasteiger partial charge is 0.322 e. The summed E-state index contributed by atoms with van der Waals surface area (Å²) in [7, 11) is 0. The standard InChI is InChI=1S/C22H17N5O2/c1-14-4-6-17(26-22(29)16-3-2-8-23-13-16)12-19(14)27-21(28)15-5-7-18-20(11-15)25-10-9-24-18/h2-13H,1H3,(H,26,29)(H,27,28). The van der Waals surface area contributed by atoms with Crippen molar-refractivity contribution in [2.75, 3.05) is 10.6 Å². The Morgan fingerprint density at radius 1 is 0.793 bits per heavy atom. The second kappa shape index (κ2) is 7.85. The number of nitrogens with zero attached hydrogens (tertiary/aromatic N) is 3. The van der Waals surface area contributed by atoms with E-state index in [0.29, 0.717) is 28.0 Å². The van der Waals surface area contributed by atoms with Gasteiger partial charge in [-0.3, -0.25) is 24.5 Å². The molecule has 29 heavy (non-hydrogen) atoms. The smallest absolute Gasteiger partial charge is 0.257 e. The number of rotatable bonds is 4. The minimum Gasteiger partial charge on any atom is -0.322 e. The highest BCUT2D eigenvalue weighted by Crippen LogP contribution is 2.22. The Hall–Kier alpha value is -4.13. The van der Waals surface area contributed by atoms with Crippen molar-refractivity contribution in [2.24, 2.45) is 0 Å². The number of hydrogen-bond acceptors (Lipinski definition) is 5. The van der Waals surface area contributed by atoms with Gasteiger partial charge in [-0.15, -0.1) is 0 Å². The molecule has 4 aromatic rings. The van der Waals surface area contributed by atoms with E-state index >= 15 is 0 Å². The molecule has 142 valence electrons. The lowest BCUT2D eigenvalue weighted by molar-refractivity contribution is 0.101. The van der Waals surface area contributed by atoms with Crippen molar-refractivity contribution < 1.29 is 9.59 Å². The van der Waals surface area contributed by atoms with Crippen LogP contribution in [0.5, 0.6) is 0 Å². The van der Waals surface area contributed by atoms with Gasteiger partial charge in [-0.25, -0.2) is 0 Å². The fourth-order valence-electron chi connectivity index (χ4n) is 2.83. The predicted molar refractivity (Wildman–Crippen MR) is 111 cm³/mol. The van der Waals surface area contributed by atoms with E-state index in [4.69, 9.17) is 0 Å². The summed E-state index contributed by atoms with van der Waals surface area (Å²) < 4.78 is 0. The van der Waals surface area contributed by atoms with Gasteiger partial charge >= 0.3 is 0 Å². The van der Waals surface area contributed by atoms with Crippen LogP contribution in [0.4, 0.5) is 11.4 Å². The van der Waals surface area contributed by atoms with Crippen LogP contribution in [0.3, 0.4) is 0 Å². The van der Waals surface area contributed by atoms with Gasteiger partial charge in [0, 0.05) is 41.7 Å². The minimum atomic E-state index is -0.271. The second-order valence-electron chi connectivity index (χ2n) is 6.44. The third-order valence-electron chi connectivity index (χ3n) is 4.40. The first-order valence-electron chi connectivity index (χ1n) is 8.94. The minimum absolute atomic E-state index is 0.267. The Kier molecular flexibility index (Phi) is 4.94. The van der Waals surface area contributed by atoms with Crippen LogP contribution < -0.4 is 10.6 Å². The van der Waals surface area contributed by atoms with Gasteiger partial charge in [0.1, 0.15) is 0 Å². The van der Waals surface area contributed by atoms with Gasteiger partial charge < -0.3 is 10.6 Å². The lowest BCUT2D eigenvalue weighted by Crippen LogP contribution is -2.15. The van der Waals surface area contributed by atoms with E-state index in [1.807, 2.05) is 13.0 Å². The van der Waals surface area contributed by atoms with Crippen LogP contribution in [0.15, 0.2) is 73.3 Å². The number of aryl methyl sites for hydroxylation is 1. The SMILES string of the molecule is Cc1ccc(NC(=O)c2cccnc2)cc1NC(=O)c1ccc2nccnc2c1. The lowest BCUT2D eigenvalue weighted by Gasteiger charge is -2.12. The summed E-state index contributed by atoms with van der Waals surface area (Å²) >= 11 is 0. The monoisotopic (exact) mass is 383 g/mol. The van der Waals surface area contributed by atoms with Gasteiger partial charge in [0.15, 0.2) is 0 Å². The fourth-order valence-corrected chi connectivity index (χ4v) is 2.83.